The van der Waals surface area contributed by atoms with Crippen LogP contribution in [0.5, 0.6) is 0 Å². The average Bonchev–Trinajstić information content (AvgIpc) is 2.42. The number of hydrogen-bond donors (Lipinski definition) is 1. The number of halogens is 4. The van der Waals surface area contributed by atoms with E-state index in [1.807, 2.05) is 0 Å². The van der Waals surface area contributed by atoms with Crippen LogP contribution < -0.4 is 0 Å². The lowest BCUT2D eigenvalue weighted by molar-refractivity contribution is -0.141. The summed E-state index contributed by atoms with van der Waals surface area (Å²) in [5, 5.41) is 5.77. The Kier molecular flexibility index (Phi) is 3.21. The van der Waals surface area contributed by atoms with Gasteiger partial charge in [-0.3, -0.25) is 5.10 Å². The summed E-state index contributed by atoms with van der Waals surface area (Å²) in [5.74, 6) is 4.92. The minimum atomic E-state index is -4.46. The van der Waals surface area contributed by atoms with E-state index >= 15 is 0 Å². The topological polar surface area (TPSA) is 28.7 Å². The fourth-order valence-electron chi connectivity index (χ4n) is 0.909. The van der Waals surface area contributed by atoms with E-state index in [1.165, 1.54) is 6.92 Å². The number of rotatable bonds is 0. The van der Waals surface area contributed by atoms with E-state index < -0.39 is 11.9 Å². The first-order valence-corrected chi connectivity index (χ1v) is 4.76. The molecule has 14 heavy (non-hydrogen) atoms. The second-order valence-corrected chi connectivity index (χ2v) is 3.07. The predicted octanol–water partition coefficient (Wildman–Crippen LogP) is 2.48. The van der Waals surface area contributed by atoms with Gasteiger partial charge in [0.05, 0.1) is 10.9 Å². The van der Waals surface area contributed by atoms with E-state index in [-0.39, 0.29) is 5.56 Å². The van der Waals surface area contributed by atoms with Gasteiger partial charge in [-0.1, -0.05) is 27.8 Å². The average molecular weight is 267 g/mol. The van der Waals surface area contributed by atoms with Gasteiger partial charge in [0.1, 0.15) is 0 Å². The van der Waals surface area contributed by atoms with E-state index in [9.17, 15) is 13.2 Å². The molecule has 0 fully saturated rings. The second-order valence-electron chi connectivity index (χ2n) is 2.51. The molecular formula is C8H6BrF3N2. The number of alkyl halides is 4. The predicted molar refractivity (Wildman–Crippen MR) is 49.0 cm³/mol. The van der Waals surface area contributed by atoms with Crippen molar-refractivity contribution in [1.82, 2.24) is 10.2 Å². The fraction of sp³-hybridized carbons (Fsp3) is 0.375. The molecule has 1 N–H and O–H groups in total. The van der Waals surface area contributed by atoms with Crippen molar-refractivity contribution in [1.29, 1.82) is 0 Å². The van der Waals surface area contributed by atoms with Crippen molar-refractivity contribution in [3.05, 3.63) is 17.0 Å². The standard InChI is InChI=1S/C8H6BrF3N2/c1-5-6(3-2-4-9)7(14-13-5)8(10,11)12/h4H2,1H3,(H,13,14). The Morgan fingerprint density at radius 1 is 1.50 bits per heavy atom. The SMILES string of the molecule is Cc1[nH]nc(C(F)(F)F)c1C#CCBr. The zero-order chi connectivity index (χ0) is 10.8. The summed E-state index contributed by atoms with van der Waals surface area (Å²) >= 11 is 3.01. The van der Waals surface area contributed by atoms with Crippen LogP contribution in [0.4, 0.5) is 13.2 Å². The molecule has 2 nitrogen and oxygen atoms in total. The molecule has 0 aliphatic heterocycles. The summed E-state index contributed by atoms with van der Waals surface area (Å²) in [6, 6.07) is 0. The van der Waals surface area contributed by atoms with Crippen LogP contribution in [-0.4, -0.2) is 15.5 Å². The monoisotopic (exact) mass is 266 g/mol. The summed E-state index contributed by atoms with van der Waals surface area (Å²) < 4.78 is 37.0. The van der Waals surface area contributed by atoms with E-state index in [2.05, 4.69) is 38.0 Å². The minimum Gasteiger partial charge on any atom is -0.281 e. The fourth-order valence-corrected chi connectivity index (χ4v) is 1.05. The van der Waals surface area contributed by atoms with Gasteiger partial charge in [-0.25, -0.2) is 0 Å². The molecule has 1 aromatic heterocycles. The molecule has 0 radical (unpaired) electrons. The summed E-state index contributed by atoms with van der Waals surface area (Å²) in [4.78, 5) is 0. The molecule has 76 valence electrons. The molecule has 0 atom stereocenters. The summed E-state index contributed by atoms with van der Waals surface area (Å²) in [5.41, 5.74) is -0.717. The van der Waals surface area contributed by atoms with Gasteiger partial charge in [0.25, 0.3) is 0 Å². The first kappa shape index (κ1) is 11.1. The van der Waals surface area contributed by atoms with Crippen molar-refractivity contribution in [3.63, 3.8) is 0 Å². The maximum absolute atomic E-state index is 12.3. The maximum Gasteiger partial charge on any atom is 0.436 e. The number of aryl methyl sites for hydroxylation is 1. The number of aromatic nitrogens is 2. The molecule has 0 bridgehead atoms. The largest absolute Gasteiger partial charge is 0.436 e. The van der Waals surface area contributed by atoms with Crippen molar-refractivity contribution in [3.8, 4) is 11.8 Å². The van der Waals surface area contributed by atoms with Crippen molar-refractivity contribution < 1.29 is 13.2 Å². The number of hydrogen-bond acceptors (Lipinski definition) is 1. The molecule has 0 aromatic carbocycles. The lowest BCUT2D eigenvalue weighted by Crippen LogP contribution is -2.07. The number of aromatic amines is 1. The van der Waals surface area contributed by atoms with E-state index in [0.717, 1.165) is 0 Å². The normalized spacial score (nSPS) is 10.9. The number of nitrogens with zero attached hydrogens (tertiary/aromatic N) is 1. The van der Waals surface area contributed by atoms with Crippen LogP contribution in [-0.2, 0) is 6.18 Å². The zero-order valence-corrected chi connectivity index (χ0v) is 8.75. The molecule has 0 aliphatic rings. The van der Waals surface area contributed by atoms with Crippen molar-refractivity contribution in [2.24, 2.45) is 0 Å². The van der Waals surface area contributed by atoms with Gasteiger partial charge in [-0.05, 0) is 6.92 Å². The third kappa shape index (κ3) is 2.29. The molecule has 0 saturated heterocycles. The van der Waals surface area contributed by atoms with Gasteiger partial charge in [-0.2, -0.15) is 18.3 Å². The van der Waals surface area contributed by atoms with Crippen LogP contribution in [0.1, 0.15) is 17.0 Å². The van der Waals surface area contributed by atoms with Gasteiger partial charge in [-0.15, -0.1) is 0 Å². The van der Waals surface area contributed by atoms with Crippen LogP contribution in [0.3, 0.4) is 0 Å². The number of nitrogens with one attached hydrogen (secondary N) is 1. The highest BCUT2D eigenvalue weighted by Gasteiger charge is 2.37. The highest BCUT2D eigenvalue weighted by molar-refractivity contribution is 9.09. The van der Waals surface area contributed by atoms with Crippen molar-refractivity contribution >= 4 is 15.9 Å². The zero-order valence-electron chi connectivity index (χ0n) is 7.17. The van der Waals surface area contributed by atoms with E-state index in [4.69, 9.17) is 0 Å². The van der Waals surface area contributed by atoms with Crippen molar-refractivity contribution in [2.45, 2.75) is 13.1 Å². The Balaban J connectivity index is 3.20. The third-order valence-corrected chi connectivity index (χ3v) is 1.78. The highest BCUT2D eigenvalue weighted by Crippen LogP contribution is 2.30. The maximum atomic E-state index is 12.3. The lowest BCUT2D eigenvalue weighted by atomic mass is 10.2. The van der Waals surface area contributed by atoms with Crippen LogP contribution in [0.25, 0.3) is 0 Å². The Bertz CT molecular complexity index is 384. The van der Waals surface area contributed by atoms with E-state index in [1.54, 1.807) is 0 Å². The second kappa shape index (κ2) is 4.05. The van der Waals surface area contributed by atoms with Crippen LogP contribution in [0.15, 0.2) is 0 Å². The molecule has 0 spiro atoms. The Morgan fingerprint density at radius 3 is 2.64 bits per heavy atom. The highest BCUT2D eigenvalue weighted by atomic mass is 79.9. The third-order valence-electron chi connectivity index (χ3n) is 1.50. The number of H-pyrrole nitrogens is 1. The van der Waals surface area contributed by atoms with Crippen molar-refractivity contribution in [2.75, 3.05) is 5.33 Å². The van der Waals surface area contributed by atoms with Crippen LogP contribution in [0, 0.1) is 18.8 Å². The Morgan fingerprint density at radius 2 is 2.14 bits per heavy atom. The molecule has 0 aliphatic carbocycles. The van der Waals surface area contributed by atoms with E-state index in [0.29, 0.717) is 11.0 Å². The first-order chi connectivity index (χ1) is 6.46. The van der Waals surface area contributed by atoms with Gasteiger partial charge < -0.3 is 0 Å². The lowest BCUT2D eigenvalue weighted by Gasteiger charge is -2.01. The van der Waals surface area contributed by atoms with Gasteiger partial charge >= 0.3 is 6.18 Å². The molecule has 1 aromatic rings. The molecule has 6 heteroatoms. The minimum absolute atomic E-state index is 0.0862. The first-order valence-electron chi connectivity index (χ1n) is 3.63. The van der Waals surface area contributed by atoms with Gasteiger partial charge in [0, 0.05) is 5.69 Å². The molecule has 0 saturated carbocycles. The molecule has 0 amide bonds. The van der Waals surface area contributed by atoms with Crippen LogP contribution >= 0.6 is 15.9 Å². The summed E-state index contributed by atoms with van der Waals surface area (Å²) in [6.45, 7) is 1.50. The summed E-state index contributed by atoms with van der Waals surface area (Å²) in [7, 11) is 0. The summed E-state index contributed by atoms with van der Waals surface area (Å²) in [6.07, 6.45) is -4.46. The van der Waals surface area contributed by atoms with Gasteiger partial charge in [0.2, 0.25) is 0 Å². The van der Waals surface area contributed by atoms with Gasteiger partial charge in [0.15, 0.2) is 5.69 Å². The smallest absolute Gasteiger partial charge is 0.281 e. The molecule has 1 heterocycles. The Hall–Kier alpha value is -0.960. The quantitative estimate of drug-likeness (QED) is 0.567. The molecule has 1 rings (SSSR count). The molecule has 0 unspecified atom stereocenters. The Labute approximate surface area is 87.0 Å². The van der Waals surface area contributed by atoms with Crippen LogP contribution in [0.2, 0.25) is 0 Å². The molecular weight excluding hydrogens is 261 g/mol.